The third-order valence-electron chi connectivity index (χ3n) is 7.11. The van der Waals surface area contributed by atoms with Crippen LogP contribution in [0.2, 0.25) is 0 Å². The predicted octanol–water partition coefficient (Wildman–Crippen LogP) is 3.91. The van der Waals surface area contributed by atoms with Crippen molar-refractivity contribution in [1.82, 2.24) is 14.8 Å². The summed E-state index contributed by atoms with van der Waals surface area (Å²) in [5.74, 6) is 0.201. The van der Waals surface area contributed by atoms with E-state index in [9.17, 15) is 14.4 Å². The van der Waals surface area contributed by atoms with E-state index in [4.69, 9.17) is 4.42 Å². The molecule has 1 saturated heterocycles. The zero-order chi connectivity index (χ0) is 24.5. The molecule has 2 aliphatic heterocycles. The predicted molar refractivity (Wildman–Crippen MR) is 130 cm³/mol. The zero-order valence-corrected chi connectivity index (χ0v) is 19.9. The molecular weight excluding hydrogens is 444 g/mol. The molecule has 0 aliphatic carbocycles. The summed E-state index contributed by atoms with van der Waals surface area (Å²) >= 11 is 0. The lowest BCUT2D eigenvalue weighted by atomic mass is 9.93. The first-order chi connectivity index (χ1) is 17.0. The largest absolute Gasteiger partial charge is 0.467 e. The molecule has 2 aliphatic rings. The number of piperidine rings is 1. The Morgan fingerprint density at radius 2 is 1.91 bits per heavy atom. The first kappa shape index (κ1) is 22.8. The quantitative estimate of drug-likeness (QED) is 0.506. The number of hydrogen-bond acceptors (Lipinski definition) is 6. The lowest BCUT2D eigenvalue weighted by molar-refractivity contribution is -0.137. The van der Waals surface area contributed by atoms with Crippen LogP contribution in [0.25, 0.3) is 0 Å². The number of hydrogen-bond donors (Lipinski definition) is 0. The van der Waals surface area contributed by atoms with E-state index in [1.807, 2.05) is 44.3 Å². The van der Waals surface area contributed by atoms with Gasteiger partial charge in [-0.05, 0) is 55.7 Å². The summed E-state index contributed by atoms with van der Waals surface area (Å²) < 4.78 is 5.47. The van der Waals surface area contributed by atoms with Gasteiger partial charge in [-0.2, -0.15) is 0 Å². The molecule has 8 nitrogen and oxygen atoms in total. The van der Waals surface area contributed by atoms with Gasteiger partial charge in [-0.3, -0.25) is 24.3 Å². The monoisotopic (exact) mass is 472 g/mol. The van der Waals surface area contributed by atoms with Crippen molar-refractivity contribution < 1.29 is 18.8 Å². The molecule has 1 aromatic carbocycles. The van der Waals surface area contributed by atoms with Gasteiger partial charge in [0.15, 0.2) is 0 Å². The van der Waals surface area contributed by atoms with Crippen LogP contribution in [-0.2, 0) is 11.3 Å². The number of fused-ring (bicyclic) bond motifs is 1. The number of pyridine rings is 1. The summed E-state index contributed by atoms with van der Waals surface area (Å²) in [4.78, 5) is 48.7. The topological polar surface area (TPSA) is 87.0 Å². The molecule has 0 radical (unpaired) electrons. The fourth-order valence-electron chi connectivity index (χ4n) is 4.96. The lowest BCUT2D eigenvalue weighted by Gasteiger charge is -2.36. The van der Waals surface area contributed by atoms with Gasteiger partial charge in [-0.25, -0.2) is 0 Å². The minimum absolute atomic E-state index is 0.0927. The summed E-state index contributed by atoms with van der Waals surface area (Å²) in [6.45, 7) is 3.43. The summed E-state index contributed by atoms with van der Waals surface area (Å²) in [5, 5.41) is 0. The smallest absolute Gasteiger partial charge is 0.263 e. The Kier molecular flexibility index (Phi) is 6.11. The van der Waals surface area contributed by atoms with Gasteiger partial charge in [-0.15, -0.1) is 0 Å². The molecule has 0 bridgehead atoms. The van der Waals surface area contributed by atoms with Crippen molar-refractivity contribution in [2.45, 2.75) is 32.4 Å². The van der Waals surface area contributed by atoms with E-state index in [0.29, 0.717) is 37.1 Å². The number of aromatic nitrogens is 1. The van der Waals surface area contributed by atoms with Crippen molar-refractivity contribution in [3.05, 3.63) is 83.6 Å². The van der Waals surface area contributed by atoms with Gasteiger partial charge >= 0.3 is 0 Å². The first-order valence-electron chi connectivity index (χ1n) is 11.9. The highest BCUT2D eigenvalue weighted by Gasteiger charge is 2.39. The molecule has 0 saturated carbocycles. The van der Waals surface area contributed by atoms with Crippen LogP contribution < -0.4 is 4.90 Å². The van der Waals surface area contributed by atoms with Crippen molar-refractivity contribution in [2.75, 3.05) is 25.0 Å². The highest BCUT2D eigenvalue weighted by molar-refractivity contribution is 6.23. The number of nitrogens with zero attached hydrogens (tertiary/aromatic N) is 4. The van der Waals surface area contributed by atoms with Gasteiger partial charge in [0.2, 0.25) is 5.91 Å². The maximum atomic E-state index is 13.3. The third kappa shape index (κ3) is 4.20. The van der Waals surface area contributed by atoms with E-state index in [1.165, 1.54) is 4.90 Å². The summed E-state index contributed by atoms with van der Waals surface area (Å²) in [6, 6.07) is 12.6. The molecule has 2 aromatic heterocycles. The SMILES string of the molecule is CC(c1ccco1)N(C)C(=O)C1CCN(c2cccc3c2C(=O)N(Cc2cccnc2)C3=O)CC1. The zero-order valence-electron chi connectivity index (χ0n) is 19.9. The third-order valence-corrected chi connectivity index (χ3v) is 7.11. The first-order valence-corrected chi connectivity index (χ1v) is 11.9. The molecule has 3 aromatic rings. The van der Waals surface area contributed by atoms with E-state index < -0.39 is 0 Å². The van der Waals surface area contributed by atoms with Gasteiger partial charge in [0.25, 0.3) is 11.8 Å². The molecule has 35 heavy (non-hydrogen) atoms. The average Bonchev–Trinajstić information content (AvgIpc) is 3.52. The van der Waals surface area contributed by atoms with Gasteiger partial charge in [0.05, 0.1) is 35.7 Å². The van der Waals surface area contributed by atoms with E-state index in [0.717, 1.165) is 17.0 Å². The molecule has 5 rings (SSSR count). The number of carbonyl (C=O) groups is 3. The Labute approximate surface area is 204 Å². The Balaban J connectivity index is 1.28. The van der Waals surface area contributed by atoms with Crippen molar-refractivity contribution >= 4 is 23.4 Å². The summed E-state index contributed by atoms with van der Waals surface area (Å²) in [6.07, 6.45) is 6.30. The van der Waals surface area contributed by atoms with Crippen LogP contribution in [0.4, 0.5) is 5.69 Å². The second-order valence-corrected chi connectivity index (χ2v) is 9.16. The van der Waals surface area contributed by atoms with Crippen molar-refractivity contribution in [2.24, 2.45) is 5.92 Å². The normalized spacial score (nSPS) is 17.0. The number of furan rings is 1. The maximum absolute atomic E-state index is 13.3. The molecule has 8 heteroatoms. The van der Waals surface area contributed by atoms with Gasteiger partial charge < -0.3 is 14.2 Å². The number of benzene rings is 1. The van der Waals surface area contributed by atoms with Crippen molar-refractivity contribution in [3.63, 3.8) is 0 Å². The molecule has 0 spiro atoms. The second kappa shape index (κ2) is 9.37. The van der Waals surface area contributed by atoms with E-state index in [2.05, 4.69) is 9.88 Å². The number of amides is 3. The number of imide groups is 1. The summed E-state index contributed by atoms with van der Waals surface area (Å²) in [5.41, 5.74) is 2.45. The number of anilines is 1. The van der Waals surface area contributed by atoms with Crippen LogP contribution in [0, 0.1) is 5.92 Å². The Hall–Kier alpha value is -3.94. The van der Waals surface area contributed by atoms with E-state index >= 15 is 0 Å². The molecule has 1 unspecified atom stereocenters. The highest BCUT2D eigenvalue weighted by Crippen LogP contribution is 2.35. The Bertz CT molecular complexity index is 1230. The van der Waals surface area contributed by atoms with E-state index in [1.54, 1.807) is 35.7 Å². The molecule has 1 fully saturated rings. The average molecular weight is 473 g/mol. The standard InChI is InChI=1S/C27H28N4O4/c1-18(23-9-5-15-35-23)29(2)25(32)20-10-13-30(14-11-20)22-8-3-7-21-24(22)27(34)31(26(21)33)17-19-6-4-12-28-16-19/h3-9,12,15-16,18,20H,10-11,13-14,17H2,1-2H3. The van der Waals surface area contributed by atoms with Crippen LogP contribution in [0.1, 0.15) is 57.8 Å². The highest BCUT2D eigenvalue weighted by atomic mass is 16.3. The van der Waals surface area contributed by atoms with Gasteiger partial charge in [0.1, 0.15) is 5.76 Å². The van der Waals surface area contributed by atoms with Gasteiger partial charge in [0, 0.05) is 38.4 Å². The fourth-order valence-corrected chi connectivity index (χ4v) is 4.96. The van der Waals surface area contributed by atoms with Crippen molar-refractivity contribution in [3.8, 4) is 0 Å². The molecule has 1 atom stereocenters. The minimum atomic E-state index is -0.283. The van der Waals surface area contributed by atoms with Crippen LogP contribution >= 0.6 is 0 Å². The molecular formula is C27H28N4O4. The van der Waals surface area contributed by atoms with Crippen LogP contribution in [0.5, 0.6) is 0 Å². The van der Waals surface area contributed by atoms with Crippen LogP contribution in [0.15, 0.2) is 65.5 Å². The summed E-state index contributed by atoms with van der Waals surface area (Å²) in [7, 11) is 1.81. The molecule has 4 heterocycles. The fraction of sp³-hybridized carbons (Fsp3) is 0.333. The van der Waals surface area contributed by atoms with Gasteiger partial charge in [-0.1, -0.05) is 12.1 Å². The molecule has 3 amide bonds. The molecule has 180 valence electrons. The van der Waals surface area contributed by atoms with E-state index in [-0.39, 0.29) is 36.2 Å². The lowest BCUT2D eigenvalue weighted by Crippen LogP contribution is -2.42. The Morgan fingerprint density at radius 3 is 2.60 bits per heavy atom. The second-order valence-electron chi connectivity index (χ2n) is 9.16. The van der Waals surface area contributed by atoms with Crippen LogP contribution in [0.3, 0.4) is 0 Å². The van der Waals surface area contributed by atoms with Crippen LogP contribution in [-0.4, -0.2) is 52.6 Å². The van der Waals surface area contributed by atoms with Crippen molar-refractivity contribution in [1.29, 1.82) is 0 Å². The Morgan fingerprint density at radius 1 is 1.11 bits per heavy atom. The maximum Gasteiger partial charge on any atom is 0.263 e. The number of rotatable bonds is 6. The minimum Gasteiger partial charge on any atom is -0.467 e. The number of carbonyl (C=O) groups excluding carboxylic acids is 3. The molecule has 0 N–H and O–H groups in total.